The van der Waals surface area contributed by atoms with E-state index in [1.54, 1.807) is 51.6 Å². The molecule has 1 unspecified atom stereocenters. The van der Waals surface area contributed by atoms with Gasteiger partial charge in [-0.15, -0.1) is 8.67 Å². The Balaban J connectivity index is 0.971. The molecule has 7 rings (SSSR count). The van der Waals surface area contributed by atoms with E-state index in [2.05, 4.69) is 92.9 Å². The number of aryl methyl sites for hydroxylation is 2. The van der Waals surface area contributed by atoms with Crippen molar-refractivity contribution >= 4 is 118 Å². The molecule has 0 aromatic heterocycles. The van der Waals surface area contributed by atoms with E-state index in [0.29, 0.717) is 73.9 Å². The molecule has 39 heteroatoms. The molecule has 0 radical (unpaired) electrons. The number of esters is 1. The number of hydrogen-bond donors (Lipinski definition) is 12. The first-order chi connectivity index (χ1) is 59.1. The summed E-state index contributed by atoms with van der Waals surface area (Å²) in [4.78, 5) is 181. The van der Waals surface area contributed by atoms with Gasteiger partial charge >= 0.3 is 35.8 Å². The number of carboxylic acids is 5. The first-order valence-electron chi connectivity index (χ1n) is 41.7. The summed E-state index contributed by atoms with van der Waals surface area (Å²) in [5.74, 6) is -11.2. The summed E-state index contributed by atoms with van der Waals surface area (Å²) in [6.45, 7) is 15.3. The van der Waals surface area contributed by atoms with Crippen molar-refractivity contribution in [1.82, 2.24) is 51.1 Å². The first-order valence-corrected chi connectivity index (χ1v) is 43.2. The van der Waals surface area contributed by atoms with Gasteiger partial charge in [0, 0.05) is 142 Å². The first kappa shape index (κ1) is 101. The van der Waals surface area contributed by atoms with Crippen LogP contribution in [-0.2, 0) is 91.8 Å². The topological polar surface area (TPSA) is 492 Å². The van der Waals surface area contributed by atoms with Crippen LogP contribution in [0.15, 0.2) is 100 Å². The number of rotatable bonds is 50. The number of benzene rings is 3. The van der Waals surface area contributed by atoms with Gasteiger partial charge in [0.15, 0.2) is 18.1 Å². The zero-order valence-corrected chi connectivity index (χ0v) is 73.0. The molecule has 4 aliphatic heterocycles. The molecule has 37 nitrogen and oxygen atoms in total. The molecule has 0 aliphatic carbocycles. The molecule has 4 aliphatic rings. The van der Waals surface area contributed by atoms with Gasteiger partial charge in [-0.1, -0.05) is 73.2 Å². The van der Waals surface area contributed by atoms with Crippen LogP contribution in [0.25, 0.3) is 0 Å². The van der Waals surface area contributed by atoms with Crippen LogP contribution in [0.3, 0.4) is 0 Å². The lowest BCUT2D eigenvalue weighted by molar-refractivity contribution is -0.433. The third kappa shape index (κ3) is 31.6. The van der Waals surface area contributed by atoms with Crippen LogP contribution in [0.5, 0.6) is 0 Å². The van der Waals surface area contributed by atoms with Gasteiger partial charge in [0.05, 0.1) is 67.7 Å². The number of Topliss-reactive ketones (excluding diaryl/α,β-unsaturated/α-hetero) is 1. The van der Waals surface area contributed by atoms with E-state index in [1.165, 1.54) is 0 Å². The average molecular weight is 1770 g/mol. The van der Waals surface area contributed by atoms with Crippen LogP contribution in [0, 0.1) is 13.8 Å². The van der Waals surface area contributed by atoms with Gasteiger partial charge in [0.2, 0.25) is 41.1 Å². The molecule has 0 bridgehead atoms. The minimum absolute atomic E-state index is 0.00867. The smallest absolute Gasteiger partial charge is 0.339 e. The maximum absolute atomic E-state index is 14.2. The van der Waals surface area contributed by atoms with E-state index in [1.807, 2.05) is 54.6 Å². The Morgan fingerprint density at radius 3 is 1.67 bits per heavy atom. The number of fused-ring (bicyclic) bond motifs is 2. The number of nitrogens with one attached hydrogen (secondary N) is 5. The molecule has 3 aromatic rings. The van der Waals surface area contributed by atoms with Crippen molar-refractivity contribution in [3.63, 3.8) is 0 Å². The number of unbranched alkanes of at least 4 members (excludes halogenated alkanes) is 5. The lowest BCUT2D eigenvalue weighted by Gasteiger charge is -2.32. The molecule has 6 amide bonds. The second-order valence-electron chi connectivity index (χ2n) is 32.0. The summed E-state index contributed by atoms with van der Waals surface area (Å²) in [6.07, 6.45) is 12.3. The highest BCUT2D eigenvalue weighted by Crippen LogP contribution is 2.49. The molecular weight excluding hydrogens is 1650 g/mol. The zero-order chi connectivity index (χ0) is 90.6. The number of amides is 6. The fourth-order valence-corrected chi connectivity index (χ4v) is 16.6. The summed E-state index contributed by atoms with van der Waals surface area (Å²) in [7, 11) is 0. The Kier molecular flexibility index (Phi) is 41.4. The van der Waals surface area contributed by atoms with E-state index >= 15 is 0 Å². The van der Waals surface area contributed by atoms with Crippen LogP contribution in [0.2, 0.25) is 0 Å². The average Bonchev–Trinajstić information content (AvgIpc) is 1.58. The summed E-state index contributed by atoms with van der Waals surface area (Å²) in [5.41, 5.74) is 6.67. The van der Waals surface area contributed by atoms with E-state index in [-0.39, 0.29) is 159 Å². The number of likely N-dealkylation sites (tertiary alicyclic amines) is 1. The number of carboxylic acid groups (broad SMARTS) is 5. The minimum Gasteiger partial charge on any atom is -0.481 e. The molecule has 0 saturated carbocycles. The SMILES string of the molecule is CC[N+]1=C(/C=C/C=C/C=C2/N(CCCCCC(=O)NC(CCCCNC(=O)CN3CCN(CC(=O)O)CCN(CC(=O)O)CCN(CC(=O)O)CC3)C(=O)NCCCCCC(=O)N[C@@H](CCC(=O)O)C(=O)N3CCC[C@H]3C(=O)N[C@@H](CC(=O)O)C(=O)COC(=O)c3c(C)cccc3C)c3ccc(SOOO)cc3C2(C)C)C(C)(C)c2cc(SOOO)ccc21. The van der Waals surface area contributed by atoms with Crippen molar-refractivity contribution in [2.24, 2.45) is 0 Å². The molecule has 680 valence electrons. The number of ether oxygens (including phenoxy) is 1. The summed E-state index contributed by atoms with van der Waals surface area (Å²) in [5, 5.41) is 87.6. The van der Waals surface area contributed by atoms with Gasteiger partial charge in [-0.2, -0.15) is 4.58 Å². The lowest BCUT2D eigenvalue weighted by atomic mass is 9.81. The van der Waals surface area contributed by atoms with Gasteiger partial charge in [-0.3, -0.25) is 77.1 Å². The van der Waals surface area contributed by atoms with Crippen molar-refractivity contribution in [1.29, 1.82) is 0 Å². The number of allylic oxidation sites excluding steroid dienone is 6. The largest absolute Gasteiger partial charge is 0.481 e. The third-order valence-electron chi connectivity index (χ3n) is 22.3. The number of carbonyl (C=O) groups excluding carboxylic acids is 8. The molecule has 0 spiro atoms. The number of aliphatic carboxylic acids is 5. The van der Waals surface area contributed by atoms with Crippen molar-refractivity contribution in [3.05, 3.63) is 118 Å². The molecule has 4 heterocycles. The maximum Gasteiger partial charge on any atom is 0.339 e. The number of hydrogen-bond acceptors (Lipinski definition) is 27. The van der Waals surface area contributed by atoms with Crippen molar-refractivity contribution in [2.75, 3.05) is 123 Å². The highest BCUT2D eigenvalue weighted by atomic mass is 32.2. The predicted octanol–water partition coefficient (Wildman–Crippen LogP) is 6.56. The van der Waals surface area contributed by atoms with Crippen molar-refractivity contribution < 1.29 is 126 Å². The van der Waals surface area contributed by atoms with Crippen LogP contribution in [0.4, 0.5) is 11.4 Å². The van der Waals surface area contributed by atoms with Gasteiger partial charge in [0.1, 0.15) is 30.7 Å². The second-order valence-corrected chi connectivity index (χ2v) is 33.6. The number of anilines is 1. The standard InChI is InChI=1S/C85H118N12O25S2/c1-8-95-65-33-30-58(123-121-119-116)48-60(65)84(4,5)69(95)26-12-9-13-27-70-85(6,7)61-49-59(124-122-120-117)31-34-66(61)96(70)38-19-11-15-29-71(99)88-62(24-16-18-36-86-73(101)51-91-40-42-92(52-76(106)107)44-46-94(54-78(110)111)47-45-93(43-41-91)53-77(108)109)80(112)87-37-17-10-14-28-72(100)89-63(32-35-74(102)103)82(114)97-39-21-25-67(97)81(113)90-64(50-75(104)105)68(98)55-118-83(115)79-56(2)22-20-23-57(79)3/h9,12-13,20,22-23,26-27,30-31,33-34,48-49,62-64,67H,8,10-11,14-19,21,24-25,28-29,32,35-47,50-55H2,1-7H3,(H11-,86,87,88,89,90,99,100,101,102,103,104,105,106,107,108,109,110,111,112,113,116,117)/p+1/t62?,63-,64-,67-/m0/s1. The highest BCUT2D eigenvalue weighted by molar-refractivity contribution is 7.94. The fourth-order valence-electron chi connectivity index (χ4n) is 15.8. The summed E-state index contributed by atoms with van der Waals surface area (Å²) >= 11 is 1.76. The van der Waals surface area contributed by atoms with Gasteiger partial charge in [-0.25, -0.2) is 15.3 Å². The van der Waals surface area contributed by atoms with Crippen LogP contribution >= 0.6 is 24.1 Å². The predicted molar refractivity (Wildman–Crippen MR) is 456 cm³/mol. The molecule has 4 atom stereocenters. The van der Waals surface area contributed by atoms with E-state index < -0.39 is 114 Å². The molecule has 12 N–H and O–H groups in total. The summed E-state index contributed by atoms with van der Waals surface area (Å²) < 4.78 is 17.0. The molecule has 124 heavy (non-hydrogen) atoms. The van der Waals surface area contributed by atoms with Crippen molar-refractivity contribution in [3.8, 4) is 0 Å². The van der Waals surface area contributed by atoms with E-state index in [4.69, 9.17) is 23.9 Å². The number of nitrogens with zero attached hydrogens (tertiary/aromatic N) is 7. The Bertz CT molecular complexity index is 4320. The van der Waals surface area contributed by atoms with Crippen LogP contribution in [0.1, 0.15) is 170 Å². The normalized spacial score (nSPS) is 17.5. The van der Waals surface area contributed by atoms with Gasteiger partial charge in [0.25, 0.3) is 0 Å². The van der Waals surface area contributed by atoms with Gasteiger partial charge < -0.3 is 66.7 Å². The van der Waals surface area contributed by atoms with Crippen molar-refractivity contribution in [2.45, 2.75) is 196 Å². The number of carbonyl (C=O) groups is 13. The Morgan fingerprint density at radius 2 is 1.10 bits per heavy atom. The highest BCUT2D eigenvalue weighted by Gasteiger charge is 2.45. The van der Waals surface area contributed by atoms with E-state index in [0.717, 1.165) is 74.3 Å². The second kappa shape index (κ2) is 50.8. The molecule has 2 saturated heterocycles. The van der Waals surface area contributed by atoms with E-state index in [9.17, 15) is 87.9 Å². The zero-order valence-electron chi connectivity index (χ0n) is 71.4. The Labute approximate surface area is 729 Å². The van der Waals surface area contributed by atoms with Gasteiger partial charge in [-0.05, 0) is 152 Å². The fraction of sp³-hybridized carbons (Fsp3) is 0.553. The maximum atomic E-state index is 14.2. The minimum atomic E-state index is -1.66. The quantitative estimate of drug-likeness (QED) is 0.00541. The molecular formula is C85H119N12O25S2+. The Hall–Kier alpha value is -10.0. The third-order valence-corrected chi connectivity index (χ3v) is 23.4. The lowest BCUT2D eigenvalue weighted by Crippen LogP contribution is -2.55. The van der Waals surface area contributed by atoms with Crippen LogP contribution in [-0.4, -0.2) is 290 Å². The molecule has 3 aromatic carbocycles. The monoisotopic (exact) mass is 1770 g/mol. The molecule has 2 fully saturated rings. The number of ketones is 1. The van der Waals surface area contributed by atoms with Crippen LogP contribution < -0.4 is 31.5 Å². The summed E-state index contributed by atoms with van der Waals surface area (Å²) in [6, 6.07) is 11.5. The Morgan fingerprint density at radius 1 is 0.556 bits per heavy atom.